The van der Waals surface area contributed by atoms with Gasteiger partial charge in [0.25, 0.3) is 0 Å². The van der Waals surface area contributed by atoms with Crippen molar-refractivity contribution in [2.45, 2.75) is 54.1 Å². The number of amides is 3. The number of hydrogen-bond acceptors (Lipinski definition) is 4. The molecule has 1 aliphatic rings. The Kier molecular flexibility index (Phi) is 7.90. The Balaban J connectivity index is 2.85. The van der Waals surface area contributed by atoms with Crippen LogP contribution in [-0.2, 0) is 14.3 Å². The molecule has 7 nitrogen and oxygen atoms in total. The zero-order valence-corrected chi connectivity index (χ0v) is 17.2. The number of hydrogen-bond donors (Lipinski definition) is 2. The number of rotatable bonds is 6. The molecule has 1 aliphatic heterocycles. The molecule has 0 aromatic rings. The molecule has 150 valence electrons. The maximum atomic E-state index is 12.6. The first-order chi connectivity index (χ1) is 11.9. The maximum absolute atomic E-state index is 12.6. The highest BCUT2D eigenvalue weighted by molar-refractivity contribution is 5.89. The van der Waals surface area contributed by atoms with E-state index in [1.54, 1.807) is 20.8 Å². The van der Waals surface area contributed by atoms with Crippen molar-refractivity contribution in [1.82, 2.24) is 15.5 Å². The van der Waals surface area contributed by atoms with E-state index in [9.17, 15) is 14.4 Å². The van der Waals surface area contributed by atoms with Crippen LogP contribution in [0.1, 0.15) is 48.5 Å². The van der Waals surface area contributed by atoms with Gasteiger partial charge in [0.15, 0.2) is 0 Å². The fourth-order valence-corrected chi connectivity index (χ4v) is 2.68. The van der Waals surface area contributed by atoms with E-state index in [0.29, 0.717) is 24.9 Å². The highest BCUT2D eigenvalue weighted by Gasteiger charge is 2.44. The van der Waals surface area contributed by atoms with Crippen LogP contribution in [-0.4, -0.2) is 54.6 Å². The SMILES string of the molecule is CC(C)CNC(=O)[C@H]1CN(C(=O)OC(C)(C)C)C[C@@H]1C(=O)NCC(C)C. The zero-order valence-electron chi connectivity index (χ0n) is 17.2. The Bertz CT molecular complexity index is 479. The smallest absolute Gasteiger partial charge is 0.410 e. The summed E-state index contributed by atoms with van der Waals surface area (Å²) >= 11 is 0. The van der Waals surface area contributed by atoms with Gasteiger partial charge in [-0.1, -0.05) is 27.7 Å². The third-order valence-corrected chi connectivity index (χ3v) is 4.01. The minimum atomic E-state index is -0.621. The van der Waals surface area contributed by atoms with Gasteiger partial charge in [0.2, 0.25) is 11.8 Å². The van der Waals surface area contributed by atoms with Crippen molar-refractivity contribution >= 4 is 17.9 Å². The fourth-order valence-electron chi connectivity index (χ4n) is 2.68. The Labute approximate surface area is 157 Å². The van der Waals surface area contributed by atoms with Crippen LogP contribution in [0, 0.1) is 23.7 Å². The number of nitrogens with zero attached hydrogens (tertiary/aromatic N) is 1. The monoisotopic (exact) mass is 369 g/mol. The molecule has 7 heteroatoms. The van der Waals surface area contributed by atoms with Gasteiger partial charge in [0, 0.05) is 26.2 Å². The predicted molar refractivity (Wildman–Crippen MR) is 100 cm³/mol. The molecule has 2 atom stereocenters. The predicted octanol–water partition coefficient (Wildman–Crippen LogP) is 2.01. The van der Waals surface area contributed by atoms with Crippen molar-refractivity contribution in [3.63, 3.8) is 0 Å². The van der Waals surface area contributed by atoms with E-state index < -0.39 is 23.5 Å². The molecule has 0 aromatic carbocycles. The third-order valence-electron chi connectivity index (χ3n) is 4.01. The topological polar surface area (TPSA) is 87.7 Å². The first-order valence-electron chi connectivity index (χ1n) is 9.44. The van der Waals surface area contributed by atoms with Gasteiger partial charge < -0.3 is 20.3 Å². The quantitative estimate of drug-likeness (QED) is 0.750. The Hall–Kier alpha value is -1.79. The standard InChI is InChI=1S/C19H35N3O4/c1-12(2)8-20-16(23)14-10-22(18(25)26-19(5,6)7)11-15(14)17(24)21-9-13(3)4/h12-15H,8-11H2,1-7H3,(H,20,23)(H,21,24)/t14-,15-/m0/s1. The van der Waals surface area contributed by atoms with Crippen LogP contribution in [0.25, 0.3) is 0 Å². The molecule has 0 unspecified atom stereocenters. The molecule has 3 amide bonds. The van der Waals surface area contributed by atoms with Gasteiger partial charge in [0.05, 0.1) is 11.8 Å². The summed E-state index contributed by atoms with van der Waals surface area (Å²) in [5, 5.41) is 5.77. The second-order valence-corrected chi connectivity index (χ2v) is 8.88. The van der Waals surface area contributed by atoms with Crippen LogP contribution < -0.4 is 10.6 Å². The van der Waals surface area contributed by atoms with Gasteiger partial charge in [-0.15, -0.1) is 0 Å². The lowest BCUT2D eigenvalue weighted by Crippen LogP contribution is -2.43. The zero-order chi connectivity index (χ0) is 20.1. The summed E-state index contributed by atoms with van der Waals surface area (Å²) in [6.45, 7) is 14.9. The van der Waals surface area contributed by atoms with Crippen LogP contribution in [0.15, 0.2) is 0 Å². The minimum Gasteiger partial charge on any atom is -0.444 e. The Morgan fingerprint density at radius 1 is 0.923 bits per heavy atom. The van der Waals surface area contributed by atoms with Crippen LogP contribution in [0.4, 0.5) is 4.79 Å². The number of likely N-dealkylation sites (tertiary alicyclic amines) is 1. The third kappa shape index (κ3) is 7.22. The van der Waals surface area contributed by atoms with Gasteiger partial charge >= 0.3 is 6.09 Å². The van der Waals surface area contributed by atoms with E-state index in [4.69, 9.17) is 4.74 Å². The number of ether oxygens (including phenoxy) is 1. The van der Waals surface area contributed by atoms with Gasteiger partial charge in [-0.2, -0.15) is 0 Å². The first kappa shape index (κ1) is 22.3. The van der Waals surface area contributed by atoms with Gasteiger partial charge in [0.1, 0.15) is 5.60 Å². The van der Waals surface area contributed by atoms with Crippen LogP contribution >= 0.6 is 0 Å². The van der Waals surface area contributed by atoms with Crippen LogP contribution in [0.3, 0.4) is 0 Å². The van der Waals surface area contributed by atoms with Crippen LogP contribution in [0.2, 0.25) is 0 Å². The summed E-state index contributed by atoms with van der Waals surface area (Å²) in [5.74, 6) is -0.864. The average molecular weight is 370 g/mol. The molecular weight excluding hydrogens is 334 g/mol. The second-order valence-electron chi connectivity index (χ2n) is 8.88. The van der Waals surface area contributed by atoms with Crippen molar-refractivity contribution in [1.29, 1.82) is 0 Å². The van der Waals surface area contributed by atoms with Gasteiger partial charge in [-0.25, -0.2) is 4.79 Å². The largest absolute Gasteiger partial charge is 0.444 e. The number of carbonyl (C=O) groups is 3. The first-order valence-corrected chi connectivity index (χ1v) is 9.44. The normalized spacial score (nSPS) is 20.4. The van der Waals surface area contributed by atoms with E-state index in [1.807, 2.05) is 27.7 Å². The summed E-state index contributed by atoms with van der Waals surface area (Å²) in [5.41, 5.74) is -0.621. The Morgan fingerprint density at radius 3 is 1.62 bits per heavy atom. The number of nitrogens with one attached hydrogen (secondary N) is 2. The molecule has 1 fully saturated rings. The molecule has 0 radical (unpaired) electrons. The van der Waals surface area contributed by atoms with E-state index in [2.05, 4.69) is 10.6 Å². The molecule has 2 N–H and O–H groups in total. The van der Waals surface area contributed by atoms with Crippen molar-refractivity contribution in [3.05, 3.63) is 0 Å². The highest BCUT2D eigenvalue weighted by Crippen LogP contribution is 2.26. The second kappa shape index (κ2) is 9.24. The van der Waals surface area contributed by atoms with Crippen molar-refractivity contribution < 1.29 is 19.1 Å². The fraction of sp³-hybridized carbons (Fsp3) is 0.842. The van der Waals surface area contributed by atoms with Gasteiger partial charge in [-0.05, 0) is 32.6 Å². The molecule has 26 heavy (non-hydrogen) atoms. The molecule has 0 spiro atoms. The molecule has 0 aromatic heterocycles. The van der Waals surface area contributed by atoms with E-state index in [-0.39, 0.29) is 24.9 Å². The molecular formula is C19H35N3O4. The van der Waals surface area contributed by atoms with Crippen molar-refractivity contribution in [3.8, 4) is 0 Å². The summed E-state index contributed by atoms with van der Waals surface area (Å²) in [7, 11) is 0. The van der Waals surface area contributed by atoms with E-state index >= 15 is 0 Å². The molecule has 0 aliphatic carbocycles. The highest BCUT2D eigenvalue weighted by atomic mass is 16.6. The summed E-state index contributed by atoms with van der Waals surface area (Å²) < 4.78 is 5.40. The maximum Gasteiger partial charge on any atom is 0.410 e. The minimum absolute atomic E-state index is 0.186. The molecule has 0 bridgehead atoms. The molecule has 0 saturated carbocycles. The van der Waals surface area contributed by atoms with E-state index in [0.717, 1.165) is 0 Å². The lowest BCUT2D eigenvalue weighted by molar-refractivity contribution is -0.133. The van der Waals surface area contributed by atoms with Crippen molar-refractivity contribution in [2.24, 2.45) is 23.7 Å². The average Bonchev–Trinajstić information content (AvgIpc) is 2.94. The molecule has 1 saturated heterocycles. The van der Waals surface area contributed by atoms with Gasteiger partial charge in [-0.3, -0.25) is 9.59 Å². The summed E-state index contributed by atoms with van der Waals surface area (Å²) in [4.78, 5) is 39.0. The molecule has 1 heterocycles. The molecule has 1 rings (SSSR count). The van der Waals surface area contributed by atoms with Crippen molar-refractivity contribution in [2.75, 3.05) is 26.2 Å². The lowest BCUT2D eigenvalue weighted by Gasteiger charge is -2.24. The summed E-state index contributed by atoms with van der Waals surface area (Å²) in [6.07, 6.45) is -0.488. The lowest BCUT2D eigenvalue weighted by atomic mass is 9.94. The van der Waals surface area contributed by atoms with E-state index in [1.165, 1.54) is 4.90 Å². The Morgan fingerprint density at radius 2 is 1.31 bits per heavy atom. The number of carbonyl (C=O) groups excluding carboxylic acids is 3. The summed E-state index contributed by atoms with van der Waals surface area (Å²) in [6, 6.07) is 0. The van der Waals surface area contributed by atoms with Crippen LogP contribution in [0.5, 0.6) is 0 Å².